The van der Waals surface area contributed by atoms with Gasteiger partial charge in [0.05, 0.1) is 6.21 Å². The smallest absolute Gasteiger partial charge is 0.193 e. The summed E-state index contributed by atoms with van der Waals surface area (Å²) in [5.41, 5.74) is 2.02. The molecule has 18 heavy (non-hydrogen) atoms. The first-order valence-corrected chi connectivity index (χ1v) is 5.58. The van der Waals surface area contributed by atoms with E-state index in [1.54, 1.807) is 18.2 Å². The third kappa shape index (κ3) is 2.63. The predicted molar refractivity (Wildman–Crippen MR) is 70.9 cm³/mol. The molecular weight excluding hydrogens is 226 g/mol. The zero-order chi connectivity index (χ0) is 12.8. The van der Waals surface area contributed by atoms with E-state index in [4.69, 9.17) is 0 Å². The number of benzene rings is 2. The number of carbonyl (C=O) groups excluding carboxylic acids is 1. The maximum Gasteiger partial charge on any atom is 0.193 e. The lowest BCUT2D eigenvalue weighted by Gasteiger charge is -2.04. The largest absolute Gasteiger partial charge is 0.399 e. The van der Waals surface area contributed by atoms with Gasteiger partial charge in [0, 0.05) is 16.7 Å². The molecule has 2 aromatic rings. The highest BCUT2D eigenvalue weighted by atomic mass is 16.6. The van der Waals surface area contributed by atoms with Gasteiger partial charge in [0.2, 0.25) is 0 Å². The second kappa shape index (κ2) is 5.77. The first-order valence-electron chi connectivity index (χ1n) is 5.58. The lowest BCUT2D eigenvalue weighted by Crippen LogP contribution is -2.04. The van der Waals surface area contributed by atoms with Crippen LogP contribution < -0.4 is 0 Å². The average Bonchev–Trinajstić information content (AvgIpc) is 2.45. The van der Waals surface area contributed by atoms with Crippen LogP contribution in [0.25, 0.3) is 0 Å². The number of carbonyl (C=O) groups is 1. The molecule has 0 saturated carbocycles. The van der Waals surface area contributed by atoms with Crippen LogP contribution in [0.1, 0.15) is 21.5 Å². The maximum atomic E-state index is 12.3. The second-order valence-electron chi connectivity index (χ2n) is 3.70. The van der Waals surface area contributed by atoms with E-state index in [1.165, 1.54) is 13.3 Å². The Morgan fingerprint density at radius 1 is 1.06 bits per heavy atom. The Morgan fingerprint density at radius 3 is 2.44 bits per heavy atom. The summed E-state index contributed by atoms with van der Waals surface area (Å²) in [6, 6.07) is 16.5. The van der Waals surface area contributed by atoms with E-state index < -0.39 is 0 Å². The molecule has 0 heterocycles. The van der Waals surface area contributed by atoms with Crippen LogP contribution in [0.5, 0.6) is 0 Å². The molecule has 0 saturated heterocycles. The van der Waals surface area contributed by atoms with E-state index in [0.717, 1.165) is 5.56 Å². The van der Waals surface area contributed by atoms with Crippen molar-refractivity contribution in [1.29, 1.82) is 0 Å². The Labute approximate surface area is 106 Å². The first-order chi connectivity index (χ1) is 8.83. The van der Waals surface area contributed by atoms with Crippen molar-refractivity contribution in [3.63, 3.8) is 0 Å². The molecule has 0 fully saturated rings. The van der Waals surface area contributed by atoms with Crippen LogP contribution in [0, 0.1) is 0 Å². The molecule has 90 valence electrons. The molecule has 2 aromatic carbocycles. The number of oxime groups is 1. The van der Waals surface area contributed by atoms with E-state index in [2.05, 4.69) is 9.99 Å². The number of ketones is 1. The van der Waals surface area contributed by atoms with E-state index in [0.29, 0.717) is 11.1 Å². The summed E-state index contributed by atoms with van der Waals surface area (Å²) in [7, 11) is 1.47. The van der Waals surface area contributed by atoms with Crippen LogP contribution in [0.3, 0.4) is 0 Å². The minimum atomic E-state index is -0.0197. The van der Waals surface area contributed by atoms with Crippen molar-refractivity contribution in [2.24, 2.45) is 5.16 Å². The third-order valence-electron chi connectivity index (χ3n) is 2.54. The average molecular weight is 239 g/mol. The van der Waals surface area contributed by atoms with Gasteiger partial charge in [0.15, 0.2) is 5.78 Å². The lowest BCUT2D eigenvalue weighted by molar-refractivity contribution is 0.103. The monoisotopic (exact) mass is 239 g/mol. The second-order valence-corrected chi connectivity index (χ2v) is 3.70. The Morgan fingerprint density at radius 2 is 1.72 bits per heavy atom. The molecule has 0 aliphatic carbocycles. The van der Waals surface area contributed by atoms with Gasteiger partial charge in [0.1, 0.15) is 7.11 Å². The Bertz CT molecular complexity index is 562. The van der Waals surface area contributed by atoms with E-state index >= 15 is 0 Å². The Hall–Kier alpha value is -2.42. The molecular formula is C15H13NO2. The summed E-state index contributed by atoms with van der Waals surface area (Å²) < 4.78 is 0. The van der Waals surface area contributed by atoms with Crippen molar-refractivity contribution in [2.45, 2.75) is 0 Å². The zero-order valence-corrected chi connectivity index (χ0v) is 10.0. The molecule has 0 aliphatic heterocycles. The van der Waals surface area contributed by atoms with Gasteiger partial charge in [-0.15, -0.1) is 0 Å². The molecule has 2 rings (SSSR count). The fourth-order valence-electron chi connectivity index (χ4n) is 1.67. The topological polar surface area (TPSA) is 38.7 Å². The minimum absolute atomic E-state index is 0.0197. The first kappa shape index (κ1) is 12.0. The molecule has 0 unspecified atom stereocenters. The van der Waals surface area contributed by atoms with Crippen molar-refractivity contribution < 1.29 is 9.63 Å². The van der Waals surface area contributed by atoms with Crippen LogP contribution in [-0.2, 0) is 4.84 Å². The molecule has 3 nitrogen and oxygen atoms in total. The summed E-state index contributed by atoms with van der Waals surface area (Å²) in [4.78, 5) is 17.0. The van der Waals surface area contributed by atoms with E-state index in [1.807, 2.05) is 36.4 Å². The van der Waals surface area contributed by atoms with Crippen LogP contribution in [0.4, 0.5) is 0 Å². The fourth-order valence-corrected chi connectivity index (χ4v) is 1.67. The highest BCUT2D eigenvalue weighted by Gasteiger charge is 2.11. The Kier molecular flexibility index (Phi) is 3.86. The van der Waals surface area contributed by atoms with Crippen LogP contribution in [0.15, 0.2) is 59.8 Å². The standard InChI is InChI=1S/C15H13NO2/c1-18-16-11-13-9-5-6-10-14(13)15(17)12-7-3-2-4-8-12/h2-11H,1H3/b16-11+. The van der Waals surface area contributed by atoms with Gasteiger partial charge in [-0.25, -0.2) is 0 Å². The SMILES string of the molecule is CO/N=C/c1ccccc1C(=O)c1ccccc1. The van der Waals surface area contributed by atoms with Gasteiger partial charge in [0.25, 0.3) is 0 Å². The number of hydrogen-bond acceptors (Lipinski definition) is 3. The van der Waals surface area contributed by atoms with Crippen molar-refractivity contribution >= 4 is 12.0 Å². The lowest BCUT2D eigenvalue weighted by atomic mass is 9.99. The fraction of sp³-hybridized carbons (Fsp3) is 0.0667. The van der Waals surface area contributed by atoms with Crippen LogP contribution in [-0.4, -0.2) is 19.1 Å². The summed E-state index contributed by atoms with van der Waals surface area (Å²) >= 11 is 0. The van der Waals surface area contributed by atoms with Gasteiger partial charge < -0.3 is 4.84 Å². The van der Waals surface area contributed by atoms with Crippen LogP contribution in [0.2, 0.25) is 0 Å². The van der Waals surface area contributed by atoms with Gasteiger partial charge in [-0.3, -0.25) is 4.79 Å². The van der Waals surface area contributed by atoms with Gasteiger partial charge >= 0.3 is 0 Å². The summed E-state index contributed by atoms with van der Waals surface area (Å²) in [6.45, 7) is 0. The summed E-state index contributed by atoms with van der Waals surface area (Å²) in [5, 5.41) is 3.70. The minimum Gasteiger partial charge on any atom is -0.399 e. The molecule has 0 amide bonds. The highest BCUT2D eigenvalue weighted by Crippen LogP contribution is 2.13. The molecule has 0 spiro atoms. The van der Waals surface area contributed by atoms with Gasteiger partial charge in [-0.05, 0) is 0 Å². The maximum absolute atomic E-state index is 12.3. The van der Waals surface area contributed by atoms with Crippen molar-refractivity contribution in [2.75, 3.05) is 7.11 Å². The molecule has 3 heteroatoms. The molecule has 0 aliphatic rings. The third-order valence-corrected chi connectivity index (χ3v) is 2.54. The predicted octanol–water partition coefficient (Wildman–Crippen LogP) is 2.90. The quantitative estimate of drug-likeness (QED) is 0.467. The van der Waals surface area contributed by atoms with Crippen molar-refractivity contribution in [3.05, 3.63) is 71.3 Å². The summed E-state index contributed by atoms with van der Waals surface area (Å²) in [5.74, 6) is -0.0197. The van der Waals surface area contributed by atoms with Crippen LogP contribution >= 0.6 is 0 Å². The molecule has 0 atom stereocenters. The molecule has 0 bridgehead atoms. The van der Waals surface area contributed by atoms with Crippen molar-refractivity contribution in [3.8, 4) is 0 Å². The van der Waals surface area contributed by atoms with Gasteiger partial charge in [-0.1, -0.05) is 59.8 Å². The molecule has 0 radical (unpaired) electrons. The Balaban J connectivity index is 2.39. The zero-order valence-electron chi connectivity index (χ0n) is 10.0. The van der Waals surface area contributed by atoms with E-state index in [9.17, 15) is 4.79 Å². The number of nitrogens with zero attached hydrogens (tertiary/aromatic N) is 1. The number of rotatable bonds is 4. The van der Waals surface area contributed by atoms with Gasteiger partial charge in [-0.2, -0.15) is 0 Å². The molecule has 0 N–H and O–H groups in total. The number of hydrogen-bond donors (Lipinski definition) is 0. The molecule has 0 aromatic heterocycles. The highest BCUT2D eigenvalue weighted by molar-refractivity contribution is 6.13. The summed E-state index contributed by atoms with van der Waals surface area (Å²) in [6.07, 6.45) is 1.54. The van der Waals surface area contributed by atoms with E-state index in [-0.39, 0.29) is 5.78 Å². The normalized spacial score (nSPS) is 10.5. The van der Waals surface area contributed by atoms with Crippen molar-refractivity contribution in [1.82, 2.24) is 0 Å².